The van der Waals surface area contributed by atoms with Gasteiger partial charge in [0.05, 0.1) is 0 Å². The summed E-state index contributed by atoms with van der Waals surface area (Å²) in [6.07, 6.45) is 0. The number of hydrogen-bond donors (Lipinski definition) is 0. The molecule has 0 saturated heterocycles. The molecule has 1 rings (SSSR count). The molecule has 0 atom stereocenters. The summed E-state index contributed by atoms with van der Waals surface area (Å²) < 4.78 is 12.0. The molecule has 0 heterocycles. The number of hydrogen-bond acceptors (Lipinski definition) is 0. The normalized spacial score (nSPS) is 8.00. The average Bonchev–Trinajstić information content (AvgIpc) is 2.00. The highest BCUT2D eigenvalue weighted by Gasteiger charge is 1.85. The highest BCUT2D eigenvalue weighted by atomic mass is 35.5. The topological polar surface area (TPSA) is 0 Å². The molecule has 2 heteroatoms. The van der Waals surface area contributed by atoms with Crippen LogP contribution in [0.3, 0.4) is 0 Å². The fraction of sp³-hybridized carbons (Fsp3) is 0.250. The third kappa shape index (κ3) is 3.46. The van der Waals surface area contributed by atoms with Gasteiger partial charge >= 0.3 is 0 Å². The average molecular weight is 161 g/mol. The lowest BCUT2D eigenvalue weighted by Crippen LogP contribution is -1.67. The predicted molar refractivity (Wildman–Crippen MR) is 42.8 cm³/mol. The van der Waals surface area contributed by atoms with Crippen LogP contribution >= 0.6 is 11.6 Å². The Morgan fingerprint density at radius 1 is 1.10 bits per heavy atom. The molecule has 0 nitrogen and oxygen atoms in total. The summed E-state index contributed by atoms with van der Waals surface area (Å²) in [7, 11) is 0. The van der Waals surface area contributed by atoms with Crippen molar-refractivity contribution in [3.63, 3.8) is 0 Å². The summed E-state index contributed by atoms with van der Waals surface area (Å²) in [5, 5.41) is 0.561. The minimum Gasteiger partial charge on any atom is -0.207 e. The van der Waals surface area contributed by atoms with Crippen molar-refractivity contribution in [3.8, 4) is 0 Å². The molecule has 1 aromatic carbocycles. The first kappa shape index (κ1) is 9.44. The second-order valence-corrected chi connectivity index (χ2v) is 1.87. The van der Waals surface area contributed by atoms with Crippen molar-refractivity contribution in [1.82, 2.24) is 0 Å². The largest absolute Gasteiger partial charge is 0.207 e. The first-order chi connectivity index (χ1) is 4.79. The van der Waals surface area contributed by atoms with E-state index >= 15 is 0 Å². The van der Waals surface area contributed by atoms with E-state index in [0.717, 1.165) is 0 Å². The Bertz CT molecular complexity index is 148. The van der Waals surface area contributed by atoms with Crippen molar-refractivity contribution in [1.29, 1.82) is 0 Å². The molecule has 0 aliphatic rings. The van der Waals surface area contributed by atoms with Gasteiger partial charge in [0, 0.05) is 5.02 Å². The maximum Gasteiger partial charge on any atom is 0.123 e. The smallest absolute Gasteiger partial charge is 0.123 e. The molecule has 0 spiro atoms. The monoisotopic (exact) mass is 160 g/mol. The van der Waals surface area contributed by atoms with Crippen molar-refractivity contribution >= 4 is 11.6 Å². The summed E-state index contributed by atoms with van der Waals surface area (Å²) in [6.45, 7) is 4.00. The van der Waals surface area contributed by atoms with Gasteiger partial charge in [0.2, 0.25) is 0 Å². The zero-order chi connectivity index (χ0) is 7.98. The van der Waals surface area contributed by atoms with Crippen LogP contribution < -0.4 is 0 Å². The Morgan fingerprint density at radius 3 is 1.80 bits per heavy atom. The van der Waals surface area contributed by atoms with Crippen molar-refractivity contribution in [2.75, 3.05) is 0 Å². The molecule has 1 aromatic rings. The Balaban J connectivity index is 0.000000371. The zero-order valence-electron chi connectivity index (χ0n) is 6.07. The van der Waals surface area contributed by atoms with Gasteiger partial charge in [-0.25, -0.2) is 4.39 Å². The SMILES string of the molecule is CC.Fc1ccc(Cl)cc1. The number of rotatable bonds is 0. The van der Waals surface area contributed by atoms with Gasteiger partial charge in [-0.2, -0.15) is 0 Å². The lowest BCUT2D eigenvalue weighted by molar-refractivity contribution is 0.628. The van der Waals surface area contributed by atoms with E-state index in [1.807, 2.05) is 13.8 Å². The third-order valence-corrected chi connectivity index (χ3v) is 1.06. The summed E-state index contributed by atoms with van der Waals surface area (Å²) in [6, 6.07) is 5.67. The maximum atomic E-state index is 12.0. The molecule has 0 aliphatic carbocycles. The molecule has 0 unspecified atom stereocenters. The van der Waals surface area contributed by atoms with Crippen molar-refractivity contribution in [2.24, 2.45) is 0 Å². The van der Waals surface area contributed by atoms with Crippen LogP contribution in [0, 0.1) is 5.82 Å². The molecule has 0 aliphatic heterocycles. The fourth-order valence-electron chi connectivity index (χ4n) is 0.430. The highest BCUT2D eigenvalue weighted by molar-refractivity contribution is 6.30. The van der Waals surface area contributed by atoms with Crippen molar-refractivity contribution < 1.29 is 4.39 Å². The van der Waals surface area contributed by atoms with Crippen LogP contribution in [0.15, 0.2) is 24.3 Å². The van der Waals surface area contributed by atoms with Crippen LogP contribution in [0.1, 0.15) is 13.8 Å². The summed E-state index contributed by atoms with van der Waals surface area (Å²) >= 11 is 5.44. The van der Waals surface area contributed by atoms with E-state index in [2.05, 4.69) is 0 Å². The molecule has 0 N–H and O–H groups in total. The molecule has 10 heavy (non-hydrogen) atoms. The van der Waals surface area contributed by atoms with Crippen LogP contribution in [0.4, 0.5) is 4.39 Å². The van der Waals surface area contributed by atoms with E-state index in [1.54, 1.807) is 0 Å². The number of halogens is 2. The molecule has 0 radical (unpaired) electrons. The van der Waals surface area contributed by atoms with E-state index in [9.17, 15) is 4.39 Å². The summed E-state index contributed by atoms with van der Waals surface area (Å²) in [4.78, 5) is 0. The van der Waals surface area contributed by atoms with E-state index < -0.39 is 0 Å². The molecular weight excluding hydrogens is 151 g/mol. The standard InChI is InChI=1S/C6H4ClF.C2H6/c7-5-1-3-6(8)4-2-5;1-2/h1-4H;1-2H3. The van der Waals surface area contributed by atoms with Crippen LogP contribution in [0.2, 0.25) is 5.02 Å². The first-order valence-electron chi connectivity index (χ1n) is 3.20. The van der Waals surface area contributed by atoms with Crippen LogP contribution in [0.25, 0.3) is 0 Å². The van der Waals surface area contributed by atoms with Gasteiger partial charge in [0.1, 0.15) is 5.82 Å². The molecule has 0 amide bonds. The predicted octanol–water partition coefficient (Wildman–Crippen LogP) is 3.51. The van der Waals surface area contributed by atoms with Gasteiger partial charge < -0.3 is 0 Å². The minimum absolute atomic E-state index is 0.255. The van der Waals surface area contributed by atoms with Gasteiger partial charge in [0.25, 0.3) is 0 Å². The quantitative estimate of drug-likeness (QED) is 0.545. The molecule has 56 valence electrons. The van der Waals surface area contributed by atoms with E-state index in [-0.39, 0.29) is 5.82 Å². The Labute approximate surface area is 65.6 Å². The van der Waals surface area contributed by atoms with Gasteiger partial charge in [-0.15, -0.1) is 0 Å². The summed E-state index contributed by atoms with van der Waals surface area (Å²) in [5.74, 6) is -0.255. The van der Waals surface area contributed by atoms with Crippen molar-refractivity contribution in [3.05, 3.63) is 35.1 Å². The summed E-state index contributed by atoms with van der Waals surface area (Å²) in [5.41, 5.74) is 0. The van der Waals surface area contributed by atoms with Gasteiger partial charge in [-0.3, -0.25) is 0 Å². The molecular formula is C8H10ClF. The molecule has 0 bridgehead atoms. The molecule has 0 saturated carbocycles. The maximum absolute atomic E-state index is 12.0. The third-order valence-electron chi connectivity index (χ3n) is 0.804. The van der Waals surface area contributed by atoms with E-state index in [0.29, 0.717) is 5.02 Å². The Morgan fingerprint density at radius 2 is 1.50 bits per heavy atom. The van der Waals surface area contributed by atoms with Gasteiger partial charge in [-0.05, 0) is 24.3 Å². The highest BCUT2D eigenvalue weighted by Crippen LogP contribution is 2.07. The molecule has 0 aromatic heterocycles. The van der Waals surface area contributed by atoms with Crippen LogP contribution in [-0.2, 0) is 0 Å². The van der Waals surface area contributed by atoms with Crippen LogP contribution in [0.5, 0.6) is 0 Å². The minimum atomic E-state index is -0.255. The Kier molecular flexibility index (Phi) is 4.95. The fourth-order valence-corrected chi connectivity index (χ4v) is 0.556. The Hall–Kier alpha value is -0.560. The lowest BCUT2D eigenvalue weighted by atomic mass is 10.4. The second kappa shape index (κ2) is 5.24. The zero-order valence-corrected chi connectivity index (χ0v) is 6.82. The van der Waals surface area contributed by atoms with Crippen molar-refractivity contribution in [2.45, 2.75) is 13.8 Å². The van der Waals surface area contributed by atoms with E-state index in [4.69, 9.17) is 11.6 Å². The van der Waals surface area contributed by atoms with Crippen LogP contribution in [-0.4, -0.2) is 0 Å². The van der Waals surface area contributed by atoms with E-state index in [1.165, 1.54) is 24.3 Å². The first-order valence-corrected chi connectivity index (χ1v) is 3.58. The lowest BCUT2D eigenvalue weighted by Gasteiger charge is -1.84. The second-order valence-electron chi connectivity index (χ2n) is 1.44. The van der Waals surface area contributed by atoms with Gasteiger partial charge in [0.15, 0.2) is 0 Å². The van der Waals surface area contributed by atoms with Gasteiger partial charge in [-0.1, -0.05) is 25.4 Å². The number of benzene rings is 1. The molecule has 0 fully saturated rings.